The van der Waals surface area contributed by atoms with Gasteiger partial charge in [-0.05, 0) is 61.0 Å². The molecule has 0 saturated carbocycles. The zero-order chi connectivity index (χ0) is 11.8. The molecule has 2 N–H and O–H groups in total. The normalized spacial score (nSPS) is 12.9. The highest BCUT2D eigenvalue weighted by Gasteiger charge is 2.04. The molecule has 1 unspecified atom stereocenters. The van der Waals surface area contributed by atoms with Gasteiger partial charge < -0.3 is 10.6 Å². The van der Waals surface area contributed by atoms with Crippen LogP contribution in [0.2, 0.25) is 0 Å². The summed E-state index contributed by atoms with van der Waals surface area (Å²) in [5.74, 6) is 0.750. The Balaban J connectivity index is 2.11. The minimum atomic E-state index is 0.750. The molecule has 0 amide bonds. The van der Waals surface area contributed by atoms with Crippen molar-refractivity contribution in [3.05, 3.63) is 20.8 Å². The van der Waals surface area contributed by atoms with Crippen LogP contribution >= 0.6 is 27.3 Å². The molecule has 0 aliphatic heterocycles. The maximum absolute atomic E-state index is 3.53. The molecule has 92 valence electrons. The second kappa shape index (κ2) is 8.23. The van der Waals surface area contributed by atoms with Crippen molar-refractivity contribution < 1.29 is 0 Å². The largest absolute Gasteiger partial charge is 0.319 e. The molecule has 0 radical (unpaired) electrons. The number of thiophene rings is 1. The van der Waals surface area contributed by atoms with Gasteiger partial charge in [0, 0.05) is 14.7 Å². The lowest BCUT2D eigenvalue weighted by atomic mass is 10.1. The standard InChI is InChI=1S/C12H21BrN2S/c1-3-10(7-14-2)8-15-5-4-12-6-11(13)9-16-12/h6,9-10,14-15H,3-5,7-8H2,1-2H3. The molecule has 1 rings (SSSR count). The third-order valence-electron chi connectivity index (χ3n) is 2.67. The lowest BCUT2D eigenvalue weighted by Gasteiger charge is -2.14. The van der Waals surface area contributed by atoms with Crippen LogP contribution in [0.1, 0.15) is 18.2 Å². The third kappa shape index (κ3) is 5.43. The fourth-order valence-electron chi connectivity index (χ4n) is 1.65. The predicted octanol–water partition coefficient (Wildman–Crippen LogP) is 2.89. The van der Waals surface area contributed by atoms with Crippen LogP contribution in [0.3, 0.4) is 0 Å². The summed E-state index contributed by atoms with van der Waals surface area (Å²) in [5, 5.41) is 8.91. The van der Waals surface area contributed by atoms with Crippen LogP contribution in [0.4, 0.5) is 0 Å². The van der Waals surface area contributed by atoms with Crippen LogP contribution in [0.15, 0.2) is 15.9 Å². The number of hydrogen-bond donors (Lipinski definition) is 2. The van der Waals surface area contributed by atoms with Gasteiger partial charge >= 0.3 is 0 Å². The zero-order valence-corrected chi connectivity index (χ0v) is 12.5. The van der Waals surface area contributed by atoms with Crippen LogP contribution in [0.25, 0.3) is 0 Å². The molecular weight excluding hydrogens is 284 g/mol. The molecule has 16 heavy (non-hydrogen) atoms. The summed E-state index contributed by atoms with van der Waals surface area (Å²) in [5.41, 5.74) is 0. The number of nitrogens with one attached hydrogen (secondary N) is 2. The smallest absolute Gasteiger partial charge is 0.0285 e. The summed E-state index contributed by atoms with van der Waals surface area (Å²) >= 11 is 5.30. The lowest BCUT2D eigenvalue weighted by Crippen LogP contribution is -2.30. The van der Waals surface area contributed by atoms with Gasteiger partial charge in [-0.2, -0.15) is 0 Å². The SMILES string of the molecule is CCC(CNC)CNCCc1cc(Br)cs1. The Morgan fingerprint density at radius 1 is 1.44 bits per heavy atom. The van der Waals surface area contributed by atoms with E-state index in [0.717, 1.165) is 32.0 Å². The summed E-state index contributed by atoms with van der Waals surface area (Å²) < 4.78 is 1.20. The van der Waals surface area contributed by atoms with E-state index in [1.165, 1.54) is 15.8 Å². The topological polar surface area (TPSA) is 24.1 Å². The average molecular weight is 305 g/mol. The Bertz CT molecular complexity index is 288. The molecule has 1 heterocycles. The molecule has 0 fully saturated rings. The van der Waals surface area contributed by atoms with Gasteiger partial charge in [-0.3, -0.25) is 0 Å². The predicted molar refractivity (Wildman–Crippen MR) is 76.3 cm³/mol. The minimum absolute atomic E-state index is 0.750. The molecule has 0 spiro atoms. The molecule has 1 aromatic heterocycles. The van der Waals surface area contributed by atoms with Gasteiger partial charge in [0.2, 0.25) is 0 Å². The van der Waals surface area contributed by atoms with Crippen LogP contribution < -0.4 is 10.6 Å². The van der Waals surface area contributed by atoms with E-state index in [2.05, 4.69) is 44.9 Å². The Kier molecular flexibility index (Phi) is 7.28. The quantitative estimate of drug-likeness (QED) is 0.722. The fraction of sp³-hybridized carbons (Fsp3) is 0.667. The maximum atomic E-state index is 3.53. The van der Waals surface area contributed by atoms with Gasteiger partial charge in [0.05, 0.1) is 0 Å². The first kappa shape index (κ1) is 14.2. The fourth-order valence-corrected chi connectivity index (χ4v) is 3.11. The van der Waals surface area contributed by atoms with Crippen molar-refractivity contribution in [2.45, 2.75) is 19.8 Å². The second-order valence-electron chi connectivity index (χ2n) is 4.02. The van der Waals surface area contributed by atoms with Gasteiger partial charge in [-0.25, -0.2) is 0 Å². The molecule has 0 bridgehead atoms. The highest BCUT2D eigenvalue weighted by atomic mass is 79.9. The van der Waals surface area contributed by atoms with Gasteiger partial charge in [-0.15, -0.1) is 11.3 Å². The van der Waals surface area contributed by atoms with Crippen LogP contribution in [0, 0.1) is 5.92 Å². The van der Waals surface area contributed by atoms with E-state index < -0.39 is 0 Å². The van der Waals surface area contributed by atoms with E-state index >= 15 is 0 Å². The molecule has 0 aliphatic carbocycles. The molecule has 1 aromatic rings. The zero-order valence-electron chi connectivity index (χ0n) is 10.1. The summed E-state index contributed by atoms with van der Waals surface area (Å²) in [6, 6.07) is 2.21. The van der Waals surface area contributed by atoms with Crippen molar-refractivity contribution >= 4 is 27.3 Å². The number of hydrogen-bond acceptors (Lipinski definition) is 3. The summed E-state index contributed by atoms with van der Waals surface area (Å²) in [4.78, 5) is 1.45. The van der Waals surface area contributed by atoms with Gasteiger partial charge in [0.25, 0.3) is 0 Å². The van der Waals surface area contributed by atoms with Crippen molar-refractivity contribution in [1.82, 2.24) is 10.6 Å². The molecule has 2 nitrogen and oxygen atoms in total. The molecule has 4 heteroatoms. The van der Waals surface area contributed by atoms with Crippen LogP contribution in [-0.4, -0.2) is 26.7 Å². The average Bonchev–Trinajstić information content (AvgIpc) is 2.69. The van der Waals surface area contributed by atoms with Crippen molar-refractivity contribution in [3.63, 3.8) is 0 Å². The summed E-state index contributed by atoms with van der Waals surface area (Å²) in [6.45, 7) is 5.55. The van der Waals surface area contributed by atoms with Crippen molar-refractivity contribution in [1.29, 1.82) is 0 Å². The van der Waals surface area contributed by atoms with E-state index in [9.17, 15) is 0 Å². The minimum Gasteiger partial charge on any atom is -0.319 e. The summed E-state index contributed by atoms with van der Waals surface area (Å²) in [7, 11) is 2.02. The Labute approximate surface area is 111 Å². The summed E-state index contributed by atoms with van der Waals surface area (Å²) in [6.07, 6.45) is 2.37. The van der Waals surface area contributed by atoms with Gasteiger partial charge in [0.1, 0.15) is 0 Å². The van der Waals surface area contributed by atoms with Crippen molar-refractivity contribution in [3.8, 4) is 0 Å². The first-order valence-electron chi connectivity index (χ1n) is 5.84. The first-order chi connectivity index (χ1) is 7.76. The van der Waals surface area contributed by atoms with E-state index in [1.807, 2.05) is 18.4 Å². The second-order valence-corrected chi connectivity index (χ2v) is 5.93. The van der Waals surface area contributed by atoms with E-state index in [0.29, 0.717) is 0 Å². The van der Waals surface area contributed by atoms with Crippen molar-refractivity contribution in [2.75, 3.05) is 26.7 Å². The Morgan fingerprint density at radius 2 is 2.25 bits per heavy atom. The molecular formula is C12H21BrN2S. The highest BCUT2D eigenvalue weighted by molar-refractivity contribution is 9.10. The molecule has 1 atom stereocenters. The number of rotatable bonds is 8. The highest BCUT2D eigenvalue weighted by Crippen LogP contribution is 2.19. The lowest BCUT2D eigenvalue weighted by molar-refractivity contribution is 0.447. The Hall–Kier alpha value is 0.1000. The van der Waals surface area contributed by atoms with E-state index in [1.54, 1.807) is 0 Å². The Morgan fingerprint density at radius 3 is 2.81 bits per heavy atom. The van der Waals surface area contributed by atoms with Crippen LogP contribution in [0.5, 0.6) is 0 Å². The van der Waals surface area contributed by atoms with Crippen molar-refractivity contribution in [2.24, 2.45) is 5.92 Å². The third-order valence-corrected chi connectivity index (χ3v) is 4.43. The molecule has 0 aromatic carbocycles. The molecule has 0 aliphatic rings. The van der Waals surface area contributed by atoms with Gasteiger partial charge in [0.15, 0.2) is 0 Å². The first-order valence-corrected chi connectivity index (χ1v) is 7.51. The van der Waals surface area contributed by atoms with Crippen LogP contribution in [-0.2, 0) is 6.42 Å². The van der Waals surface area contributed by atoms with Gasteiger partial charge in [-0.1, -0.05) is 13.3 Å². The van der Waals surface area contributed by atoms with E-state index in [-0.39, 0.29) is 0 Å². The maximum Gasteiger partial charge on any atom is 0.0285 e. The monoisotopic (exact) mass is 304 g/mol. The number of halogens is 1. The molecule has 0 saturated heterocycles. The van der Waals surface area contributed by atoms with E-state index in [4.69, 9.17) is 0 Å².